The molecule has 4 rings (SSSR count). The zero-order valence-electron chi connectivity index (χ0n) is 17.4. The van der Waals surface area contributed by atoms with E-state index in [9.17, 15) is 0 Å². The molecule has 25 heavy (non-hydrogen) atoms. The van der Waals surface area contributed by atoms with Crippen LogP contribution in [0.4, 0.5) is 0 Å². The van der Waals surface area contributed by atoms with Gasteiger partial charge in [0.2, 0.25) is 0 Å². The van der Waals surface area contributed by atoms with Crippen molar-refractivity contribution in [1.82, 2.24) is 0 Å². The molecular formula is C20H40O2Si3. The fourth-order valence-corrected chi connectivity index (χ4v) is 24.2. The average molecular weight is 397 g/mol. The third-order valence-electron chi connectivity index (χ3n) is 8.28. The van der Waals surface area contributed by atoms with E-state index in [-0.39, 0.29) is 0 Å². The lowest BCUT2D eigenvalue weighted by Gasteiger charge is -2.45. The van der Waals surface area contributed by atoms with Gasteiger partial charge in [-0.15, -0.1) is 0 Å². The highest BCUT2D eigenvalue weighted by molar-refractivity contribution is 6.88. The molecule has 4 bridgehead atoms. The van der Waals surface area contributed by atoms with Crippen LogP contribution in [0, 0.1) is 23.7 Å². The molecule has 0 aliphatic heterocycles. The summed E-state index contributed by atoms with van der Waals surface area (Å²) >= 11 is 0. The van der Waals surface area contributed by atoms with E-state index in [4.69, 9.17) is 8.23 Å². The Hall–Kier alpha value is 0.571. The summed E-state index contributed by atoms with van der Waals surface area (Å²) in [4.78, 5) is 0. The first-order chi connectivity index (χ1) is 11.6. The number of fused-ring (bicyclic) bond motifs is 4. The summed E-state index contributed by atoms with van der Waals surface area (Å²) in [5, 5.41) is 0. The van der Waals surface area contributed by atoms with E-state index in [0.717, 1.165) is 34.8 Å². The molecule has 0 N–H and O–H groups in total. The Morgan fingerprint density at radius 1 is 0.560 bits per heavy atom. The van der Waals surface area contributed by atoms with Crippen LogP contribution in [0.1, 0.15) is 51.4 Å². The van der Waals surface area contributed by atoms with Gasteiger partial charge in [-0.1, -0.05) is 25.7 Å². The maximum Gasteiger partial charge on any atom is 0.311 e. The van der Waals surface area contributed by atoms with Crippen LogP contribution in [0.15, 0.2) is 0 Å². The molecule has 6 atom stereocenters. The quantitative estimate of drug-likeness (QED) is 0.476. The van der Waals surface area contributed by atoms with Crippen LogP contribution in [-0.4, -0.2) is 25.2 Å². The van der Waals surface area contributed by atoms with Crippen LogP contribution in [0.5, 0.6) is 0 Å². The molecular weight excluding hydrogens is 356 g/mol. The van der Waals surface area contributed by atoms with E-state index in [1.165, 1.54) is 51.4 Å². The van der Waals surface area contributed by atoms with E-state index in [1.807, 2.05) is 0 Å². The molecule has 144 valence electrons. The second kappa shape index (κ2) is 6.29. The van der Waals surface area contributed by atoms with Crippen LogP contribution in [0.2, 0.25) is 50.4 Å². The van der Waals surface area contributed by atoms with Crippen LogP contribution in [0.25, 0.3) is 0 Å². The van der Waals surface area contributed by atoms with Crippen LogP contribution >= 0.6 is 0 Å². The molecule has 0 spiro atoms. The van der Waals surface area contributed by atoms with E-state index >= 15 is 0 Å². The zero-order chi connectivity index (χ0) is 18.0. The van der Waals surface area contributed by atoms with Crippen molar-refractivity contribution in [3.05, 3.63) is 0 Å². The number of hydrogen-bond acceptors (Lipinski definition) is 2. The smallest absolute Gasteiger partial charge is 0.311 e. The Kier molecular flexibility index (Phi) is 4.76. The minimum absolute atomic E-state index is 0.897. The molecule has 0 amide bonds. The minimum Gasteiger partial charge on any atom is -0.436 e. The lowest BCUT2D eigenvalue weighted by Crippen LogP contribution is -2.56. The van der Waals surface area contributed by atoms with Gasteiger partial charge in [-0.25, -0.2) is 0 Å². The van der Waals surface area contributed by atoms with Crippen molar-refractivity contribution in [3.8, 4) is 0 Å². The summed E-state index contributed by atoms with van der Waals surface area (Å²) in [6.45, 7) is 14.7. The molecule has 4 aliphatic rings. The van der Waals surface area contributed by atoms with Gasteiger partial charge in [-0.2, -0.15) is 0 Å². The van der Waals surface area contributed by atoms with Crippen LogP contribution in [-0.2, 0) is 8.23 Å². The monoisotopic (exact) mass is 396 g/mol. The molecule has 5 heteroatoms. The first-order valence-electron chi connectivity index (χ1n) is 11.0. The van der Waals surface area contributed by atoms with E-state index in [2.05, 4.69) is 39.3 Å². The molecule has 0 aromatic rings. The molecule has 4 fully saturated rings. The lowest BCUT2D eigenvalue weighted by atomic mass is 10.0. The number of rotatable bonds is 6. The Balaban J connectivity index is 1.40. The molecule has 4 saturated carbocycles. The molecule has 0 heterocycles. The highest BCUT2D eigenvalue weighted by Crippen LogP contribution is 2.57. The van der Waals surface area contributed by atoms with Crippen LogP contribution < -0.4 is 0 Å². The molecule has 4 aliphatic carbocycles. The van der Waals surface area contributed by atoms with Gasteiger partial charge in [-0.3, -0.25) is 0 Å². The first kappa shape index (κ1) is 18.9. The topological polar surface area (TPSA) is 18.5 Å². The van der Waals surface area contributed by atoms with Gasteiger partial charge < -0.3 is 8.23 Å². The van der Waals surface area contributed by atoms with Crippen molar-refractivity contribution in [2.75, 3.05) is 0 Å². The third-order valence-corrected chi connectivity index (χ3v) is 21.4. The van der Waals surface area contributed by atoms with Gasteiger partial charge >= 0.3 is 8.56 Å². The van der Waals surface area contributed by atoms with E-state index < -0.39 is 25.2 Å². The number of hydrogen-bond donors (Lipinski definition) is 0. The second-order valence-electron chi connectivity index (χ2n) is 11.4. The third kappa shape index (κ3) is 3.65. The largest absolute Gasteiger partial charge is 0.436 e. The molecule has 2 nitrogen and oxygen atoms in total. The summed E-state index contributed by atoms with van der Waals surface area (Å²) in [7, 11) is -5.35. The summed E-state index contributed by atoms with van der Waals surface area (Å²) in [6.07, 6.45) is 11.9. The maximum atomic E-state index is 7.03. The molecule has 0 aromatic heterocycles. The molecule has 0 saturated heterocycles. The fraction of sp³-hybridized carbons (Fsp3) is 1.00. The maximum absolute atomic E-state index is 7.03. The van der Waals surface area contributed by atoms with Gasteiger partial charge in [-0.05, 0) is 99.7 Å². The summed E-state index contributed by atoms with van der Waals surface area (Å²) in [5.74, 6) is 4.01. The Bertz CT molecular complexity index is 475. The predicted octanol–water partition coefficient (Wildman–Crippen LogP) is 6.51. The van der Waals surface area contributed by atoms with E-state index in [1.54, 1.807) is 0 Å². The highest BCUT2D eigenvalue weighted by Gasteiger charge is 2.54. The standard InChI is InChI=1S/C20H40O2Si3/c1-23(2,19-13-15-7-9-17(19)11-15)21-25(5,6)22-24(3,4)20-14-16-8-10-18(20)12-16/h15-20H,7-14H2,1-6H3. The zero-order valence-corrected chi connectivity index (χ0v) is 20.4. The van der Waals surface area contributed by atoms with Gasteiger partial charge in [0.15, 0.2) is 16.6 Å². The average Bonchev–Trinajstić information content (AvgIpc) is 3.25. The molecule has 6 unspecified atom stereocenters. The normalized spacial score (nSPS) is 41.0. The van der Waals surface area contributed by atoms with Gasteiger partial charge in [0.25, 0.3) is 0 Å². The fourth-order valence-electron chi connectivity index (χ4n) is 7.63. The van der Waals surface area contributed by atoms with Gasteiger partial charge in [0.05, 0.1) is 0 Å². The second-order valence-corrected chi connectivity index (χ2v) is 23.7. The minimum atomic E-state index is -2.04. The van der Waals surface area contributed by atoms with Crippen molar-refractivity contribution in [2.45, 2.75) is 102 Å². The van der Waals surface area contributed by atoms with Gasteiger partial charge in [0, 0.05) is 0 Å². The molecule has 0 radical (unpaired) electrons. The molecule has 0 aromatic carbocycles. The van der Waals surface area contributed by atoms with Gasteiger partial charge in [0.1, 0.15) is 0 Å². The summed E-state index contributed by atoms with van der Waals surface area (Å²) in [6, 6.07) is 0. The predicted molar refractivity (Wildman–Crippen MR) is 113 cm³/mol. The highest BCUT2D eigenvalue weighted by atomic mass is 28.5. The van der Waals surface area contributed by atoms with Crippen LogP contribution in [0.3, 0.4) is 0 Å². The summed E-state index contributed by atoms with van der Waals surface area (Å²) in [5.41, 5.74) is 1.79. The Morgan fingerprint density at radius 2 is 0.960 bits per heavy atom. The van der Waals surface area contributed by atoms with E-state index in [0.29, 0.717) is 0 Å². The SMILES string of the molecule is C[Si](C)(O[Si](C)(C)C1CC2CCC1C2)O[Si](C)(C)C1CC2CCC1C2. The van der Waals surface area contributed by atoms with Crippen molar-refractivity contribution >= 4 is 25.2 Å². The van der Waals surface area contributed by atoms with Crippen molar-refractivity contribution in [1.29, 1.82) is 0 Å². The Labute approximate surface area is 159 Å². The van der Waals surface area contributed by atoms with Crippen molar-refractivity contribution in [2.24, 2.45) is 23.7 Å². The Morgan fingerprint density at radius 3 is 1.24 bits per heavy atom. The lowest BCUT2D eigenvalue weighted by molar-refractivity contribution is 0.344. The van der Waals surface area contributed by atoms with Crippen molar-refractivity contribution in [3.63, 3.8) is 0 Å². The first-order valence-corrected chi connectivity index (χ1v) is 19.7. The van der Waals surface area contributed by atoms with Crippen molar-refractivity contribution < 1.29 is 8.23 Å². The summed E-state index contributed by atoms with van der Waals surface area (Å²) < 4.78 is 14.1.